The van der Waals surface area contributed by atoms with Crippen LogP contribution in [0.1, 0.15) is 10.4 Å². The van der Waals surface area contributed by atoms with Crippen molar-refractivity contribution in [2.24, 2.45) is 0 Å². The SMILES string of the molecule is O=C(NCC#CCOc1cccc(Br)c1)c1cccc2ccccc12. The van der Waals surface area contributed by atoms with Crippen molar-refractivity contribution < 1.29 is 9.53 Å². The van der Waals surface area contributed by atoms with Crippen molar-refractivity contribution in [3.8, 4) is 17.6 Å². The topological polar surface area (TPSA) is 38.3 Å². The highest BCUT2D eigenvalue weighted by molar-refractivity contribution is 9.10. The quantitative estimate of drug-likeness (QED) is 0.666. The second kappa shape index (κ2) is 8.36. The number of rotatable bonds is 4. The summed E-state index contributed by atoms with van der Waals surface area (Å²) in [5.41, 5.74) is 0.658. The molecule has 25 heavy (non-hydrogen) atoms. The lowest BCUT2D eigenvalue weighted by Crippen LogP contribution is -2.23. The Labute approximate surface area is 155 Å². The van der Waals surface area contributed by atoms with Crippen molar-refractivity contribution >= 4 is 32.6 Å². The predicted molar refractivity (Wildman–Crippen MR) is 104 cm³/mol. The van der Waals surface area contributed by atoms with Gasteiger partial charge in [-0.2, -0.15) is 0 Å². The summed E-state index contributed by atoms with van der Waals surface area (Å²) in [6.07, 6.45) is 0. The van der Waals surface area contributed by atoms with Gasteiger partial charge < -0.3 is 10.1 Å². The number of halogens is 1. The summed E-state index contributed by atoms with van der Waals surface area (Å²) in [6, 6.07) is 21.1. The number of amides is 1. The maximum Gasteiger partial charge on any atom is 0.252 e. The van der Waals surface area contributed by atoms with E-state index >= 15 is 0 Å². The van der Waals surface area contributed by atoms with Gasteiger partial charge in [-0.25, -0.2) is 0 Å². The minimum absolute atomic E-state index is 0.126. The maximum atomic E-state index is 12.3. The van der Waals surface area contributed by atoms with E-state index in [-0.39, 0.29) is 19.1 Å². The molecule has 1 N–H and O–H groups in total. The van der Waals surface area contributed by atoms with E-state index in [9.17, 15) is 4.79 Å². The highest BCUT2D eigenvalue weighted by Gasteiger charge is 2.07. The Hall–Kier alpha value is -2.77. The molecule has 0 aliphatic rings. The molecule has 0 aliphatic carbocycles. The number of benzene rings is 3. The average Bonchev–Trinajstić information content (AvgIpc) is 2.64. The van der Waals surface area contributed by atoms with Gasteiger partial charge >= 0.3 is 0 Å². The van der Waals surface area contributed by atoms with Crippen LogP contribution in [0.5, 0.6) is 5.75 Å². The summed E-state index contributed by atoms with van der Waals surface area (Å²) in [5.74, 6) is 6.42. The van der Waals surface area contributed by atoms with Crippen LogP contribution < -0.4 is 10.1 Å². The third kappa shape index (κ3) is 4.62. The normalized spacial score (nSPS) is 9.96. The molecule has 0 unspecified atom stereocenters. The molecule has 0 radical (unpaired) electrons. The molecule has 0 saturated carbocycles. The molecule has 0 bridgehead atoms. The summed E-state index contributed by atoms with van der Waals surface area (Å²) in [5, 5.41) is 4.81. The fourth-order valence-electron chi connectivity index (χ4n) is 2.43. The summed E-state index contributed by atoms with van der Waals surface area (Å²) < 4.78 is 6.48. The fourth-order valence-corrected chi connectivity index (χ4v) is 2.81. The van der Waals surface area contributed by atoms with Crippen molar-refractivity contribution in [1.82, 2.24) is 5.32 Å². The Bertz CT molecular complexity index is 951. The number of ether oxygens (including phenoxy) is 1. The van der Waals surface area contributed by atoms with Gasteiger partial charge in [0.15, 0.2) is 0 Å². The van der Waals surface area contributed by atoms with Crippen LogP contribution in [-0.4, -0.2) is 19.1 Å². The van der Waals surface area contributed by atoms with E-state index in [1.54, 1.807) is 0 Å². The molecule has 3 aromatic rings. The van der Waals surface area contributed by atoms with E-state index in [0.29, 0.717) is 5.56 Å². The molecule has 0 spiro atoms. The molecular weight excluding hydrogens is 378 g/mol. The molecule has 0 aromatic heterocycles. The van der Waals surface area contributed by atoms with Gasteiger partial charge in [0.1, 0.15) is 12.4 Å². The monoisotopic (exact) mass is 393 g/mol. The van der Waals surface area contributed by atoms with Gasteiger partial charge in [-0.1, -0.05) is 70.2 Å². The Morgan fingerprint density at radius 3 is 2.68 bits per heavy atom. The van der Waals surface area contributed by atoms with Crippen LogP contribution in [0.4, 0.5) is 0 Å². The fraction of sp³-hybridized carbons (Fsp3) is 0.0952. The Morgan fingerprint density at radius 1 is 1.00 bits per heavy atom. The van der Waals surface area contributed by atoms with Crippen molar-refractivity contribution in [2.45, 2.75) is 0 Å². The largest absolute Gasteiger partial charge is 0.481 e. The zero-order chi connectivity index (χ0) is 17.5. The molecule has 3 nitrogen and oxygen atoms in total. The summed E-state index contributed by atoms with van der Waals surface area (Å²) >= 11 is 3.39. The van der Waals surface area contributed by atoms with E-state index in [0.717, 1.165) is 21.0 Å². The summed E-state index contributed by atoms with van der Waals surface area (Å²) in [4.78, 5) is 12.3. The lowest BCUT2D eigenvalue weighted by atomic mass is 10.0. The molecule has 0 atom stereocenters. The number of carbonyl (C=O) groups excluding carboxylic acids is 1. The van der Waals surface area contributed by atoms with Crippen LogP contribution in [0.15, 0.2) is 71.2 Å². The number of hydrogen-bond donors (Lipinski definition) is 1. The second-order valence-electron chi connectivity index (χ2n) is 5.31. The van der Waals surface area contributed by atoms with Crippen molar-refractivity contribution in [3.63, 3.8) is 0 Å². The van der Waals surface area contributed by atoms with Gasteiger partial charge in [-0.15, -0.1) is 0 Å². The lowest BCUT2D eigenvalue weighted by molar-refractivity contribution is 0.0960. The van der Waals surface area contributed by atoms with Crippen LogP contribution >= 0.6 is 15.9 Å². The van der Waals surface area contributed by atoms with Gasteiger partial charge in [-0.05, 0) is 35.0 Å². The maximum absolute atomic E-state index is 12.3. The molecule has 3 aromatic carbocycles. The minimum Gasteiger partial charge on any atom is -0.481 e. The standard InChI is InChI=1S/C21H16BrNO2/c22-17-9-6-10-18(15-17)25-14-4-3-13-23-21(24)20-12-5-8-16-7-1-2-11-19(16)20/h1-2,5-12,15H,13-14H2,(H,23,24). The van der Waals surface area contributed by atoms with Gasteiger partial charge in [0.25, 0.3) is 5.91 Å². The van der Waals surface area contributed by atoms with Gasteiger partial charge in [0, 0.05) is 10.0 Å². The van der Waals surface area contributed by atoms with Crippen LogP contribution in [0.2, 0.25) is 0 Å². The number of carbonyl (C=O) groups is 1. The molecule has 0 fully saturated rings. The highest BCUT2D eigenvalue weighted by atomic mass is 79.9. The lowest BCUT2D eigenvalue weighted by Gasteiger charge is -2.05. The third-order valence-corrected chi connectivity index (χ3v) is 4.10. The van der Waals surface area contributed by atoms with Crippen molar-refractivity contribution in [3.05, 3.63) is 76.8 Å². The number of nitrogens with one attached hydrogen (secondary N) is 1. The first-order chi connectivity index (χ1) is 12.2. The Balaban J connectivity index is 1.53. The van der Waals surface area contributed by atoms with E-state index in [2.05, 4.69) is 33.1 Å². The van der Waals surface area contributed by atoms with Gasteiger partial charge in [0.2, 0.25) is 0 Å². The van der Waals surface area contributed by atoms with Crippen LogP contribution in [0.3, 0.4) is 0 Å². The zero-order valence-corrected chi connectivity index (χ0v) is 15.0. The number of hydrogen-bond acceptors (Lipinski definition) is 2. The molecule has 0 saturated heterocycles. The second-order valence-corrected chi connectivity index (χ2v) is 6.22. The van der Waals surface area contributed by atoms with Gasteiger partial charge in [-0.3, -0.25) is 4.79 Å². The minimum atomic E-state index is -0.126. The first kappa shape index (κ1) is 17.1. The molecule has 0 heterocycles. The predicted octanol–water partition coefficient (Wildman–Crippen LogP) is 4.41. The van der Waals surface area contributed by atoms with E-state index < -0.39 is 0 Å². The van der Waals surface area contributed by atoms with Crippen LogP contribution in [-0.2, 0) is 0 Å². The zero-order valence-electron chi connectivity index (χ0n) is 13.5. The molecule has 3 rings (SSSR count). The summed E-state index contributed by atoms with van der Waals surface area (Å²) in [6.45, 7) is 0.560. The smallest absolute Gasteiger partial charge is 0.252 e. The molecule has 4 heteroatoms. The molecule has 0 aliphatic heterocycles. The highest BCUT2D eigenvalue weighted by Crippen LogP contribution is 2.18. The molecule has 1 amide bonds. The van der Waals surface area contributed by atoms with E-state index in [1.165, 1.54) is 0 Å². The third-order valence-electron chi connectivity index (χ3n) is 3.60. The average molecular weight is 394 g/mol. The van der Waals surface area contributed by atoms with E-state index in [4.69, 9.17) is 4.74 Å². The van der Waals surface area contributed by atoms with Crippen molar-refractivity contribution in [2.75, 3.05) is 13.2 Å². The first-order valence-electron chi connectivity index (χ1n) is 7.84. The molecule has 124 valence electrons. The van der Waals surface area contributed by atoms with Gasteiger partial charge in [0.05, 0.1) is 6.54 Å². The first-order valence-corrected chi connectivity index (χ1v) is 8.63. The number of fused-ring (bicyclic) bond motifs is 1. The molecular formula is C21H16BrNO2. The van der Waals surface area contributed by atoms with E-state index in [1.807, 2.05) is 66.7 Å². The Kier molecular flexibility index (Phi) is 5.71. The van der Waals surface area contributed by atoms with Crippen LogP contribution in [0, 0.1) is 11.8 Å². The van der Waals surface area contributed by atoms with Crippen molar-refractivity contribution in [1.29, 1.82) is 0 Å². The Morgan fingerprint density at radius 2 is 1.80 bits per heavy atom. The van der Waals surface area contributed by atoms with Crippen LogP contribution in [0.25, 0.3) is 10.8 Å². The summed E-state index contributed by atoms with van der Waals surface area (Å²) in [7, 11) is 0.